The van der Waals surface area contributed by atoms with Crippen molar-refractivity contribution < 1.29 is 18.7 Å². The monoisotopic (exact) mass is 370 g/mol. The Balaban J connectivity index is 1.66. The van der Waals surface area contributed by atoms with Gasteiger partial charge in [-0.15, -0.1) is 0 Å². The van der Waals surface area contributed by atoms with Crippen LogP contribution in [0.2, 0.25) is 5.02 Å². The quantitative estimate of drug-likeness (QED) is 0.658. The molecule has 1 amide bonds. The van der Waals surface area contributed by atoms with Gasteiger partial charge in [-0.05, 0) is 36.4 Å². The van der Waals surface area contributed by atoms with Gasteiger partial charge in [0.2, 0.25) is 11.8 Å². The molecule has 0 saturated carbocycles. The Labute approximate surface area is 154 Å². The summed E-state index contributed by atoms with van der Waals surface area (Å²) in [6, 6.07) is 12.6. The Morgan fingerprint density at radius 3 is 2.92 bits per heavy atom. The number of anilines is 1. The molecule has 0 aliphatic carbocycles. The lowest BCUT2D eigenvalue weighted by Gasteiger charge is -2.16. The lowest BCUT2D eigenvalue weighted by atomic mass is 10.1. The Morgan fingerprint density at radius 1 is 1.31 bits per heavy atom. The van der Waals surface area contributed by atoms with Crippen molar-refractivity contribution in [2.24, 2.45) is 5.92 Å². The maximum atomic E-state index is 12.3. The first-order chi connectivity index (χ1) is 12.5. The van der Waals surface area contributed by atoms with Crippen molar-refractivity contribution in [2.45, 2.75) is 6.42 Å². The number of ether oxygens (including phenoxy) is 1. The van der Waals surface area contributed by atoms with E-state index in [1.54, 1.807) is 35.2 Å². The number of carbonyl (C=O) groups is 2. The zero-order valence-corrected chi connectivity index (χ0v) is 14.7. The molecule has 0 bridgehead atoms. The van der Waals surface area contributed by atoms with E-state index in [0.29, 0.717) is 34.2 Å². The summed E-state index contributed by atoms with van der Waals surface area (Å²) in [6.45, 7) is 0.302. The van der Waals surface area contributed by atoms with E-state index in [-0.39, 0.29) is 18.3 Å². The lowest BCUT2D eigenvalue weighted by Crippen LogP contribution is -2.26. The van der Waals surface area contributed by atoms with Crippen LogP contribution in [0.15, 0.2) is 46.9 Å². The minimum atomic E-state index is -0.442. The minimum absolute atomic E-state index is 0.113. The molecule has 3 aromatic rings. The molecular weight excluding hydrogens is 356 g/mol. The van der Waals surface area contributed by atoms with Gasteiger partial charge >= 0.3 is 5.97 Å². The fourth-order valence-corrected chi connectivity index (χ4v) is 3.30. The van der Waals surface area contributed by atoms with Crippen LogP contribution < -0.4 is 4.90 Å². The number of nitrogens with zero attached hydrogens (tertiary/aromatic N) is 2. The number of halogens is 1. The SMILES string of the molecule is COC(=O)C1CC(=O)N(c2ccc3oc(-c4cccc(Cl)c4)nc3c2)C1. The van der Waals surface area contributed by atoms with Crippen LogP contribution in [-0.4, -0.2) is 30.5 Å². The van der Waals surface area contributed by atoms with E-state index in [4.69, 9.17) is 20.8 Å². The molecule has 4 rings (SSSR count). The summed E-state index contributed by atoms with van der Waals surface area (Å²) >= 11 is 6.02. The van der Waals surface area contributed by atoms with Crippen molar-refractivity contribution >= 4 is 40.3 Å². The molecule has 2 aromatic carbocycles. The number of carbonyl (C=O) groups excluding carboxylic acids is 2. The Morgan fingerprint density at radius 2 is 2.15 bits per heavy atom. The van der Waals surface area contributed by atoms with Gasteiger partial charge in [0.25, 0.3) is 0 Å². The predicted molar refractivity (Wildman–Crippen MR) is 96.9 cm³/mol. The zero-order chi connectivity index (χ0) is 18.3. The second-order valence-corrected chi connectivity index (χ2v) is 6.55. The highest BCUT2D eigenvalue weighted by Crippen LogP contribution is 2.31. The summed E-state index contributed by atoms with van der Waals surface area (Å²) < 4.78 is 10.5. The minimum Gasteiger partial charge on any atom is -0.469 e. The van der Waals surface area contributed by atoms with Crippen LogP contribution in [0.5, 0.6) is 0 Å². The number of benzene rings is 2. The number of oxazole rings is 1. The normalized spacial score (nSPS) is 17.1. The molecule has 0 N–H and O–H groups in total. The third-order valence-electron chi connectivity index (χ3n) is 4.41. The van der Waals surface area contributed by atoms with Crippen LogP contribution in [0.3, 0.4) is 0 Å². The lowest BCUT2D eigenvalue weighted by molar-refractivity contribution is -0.145. The molecule has 0 spiro atoms. The van der Waals surface area contributed by atoms with Gasteiger partial charge < -0.3 is 14.1 Å². The second kappa shape index (κ2) is 6.46. The number of amides is 1. The van der Waals surface area contributed by atoms with Gasteiger partial charge in [-0.1, -0.05) is 17.7 Å². The molecule has 2 heterocycles. The van der Waals surface area contributed by atoms with E-state index in [1.807, 2.05) is 12.1 Å². The van der Waals surface area contributed by atoms with Crippen molar-refractivity contribution in [1.29, 1.82) is 0 Å². The van der Waals surface area contributed by atoms with E-state index in [9.17, 15) is 9.59 Å². The van der Waals surface area contributed by atoms with E-state index in [2.05, 4.69) is 4.98 Å². The molecule has 1 saturated heterocycles. The van der Waals surface area contributed by atoms with Crippen molar-refractivity contribution in [3.8, 4) is 11.5 Å². The highest BCUT2D eigenvalue weighted by atomic mass is 35.5. The molecule has 1 aliphatic rings. The van der Waals surface area contributed by atoms with E-state index in [1.165, 1.54) is 7.11 Å². The number of aromatic nitrogens is 1. The number of hydrogen-bond donors (Lipinski definition) is 0. The van der Waals surface area contributed by atoms with Gasteiger partial charge in [-0.3, -0.25) is 9.59 Å². The topological polar surface area (TPSA) is 72.6 Å². The maximum Gasteiger partial charge on any atom is 0.311 e. The fourth-order valence-electron chi connectivity index (χ4n) is 3.11. The van der Waals surface area contributed by atoms with Crippen molar-refractivity contribution in [1.82, 2.24) is 4.98 Å². The summed E-state index contributed by atoms with van der Waals surface area (Å²) in [4.78, 5) is 30.0. The highest BCUT2D eigenvalue weighted by molar-refractivity contribution is 6.30. The van der Waals surface area contributed by atoms with Crippen molar-refractivity contribution in [2.75, 3.05) is 18.6 Å². The summed E-state index contributed by atoms with van der Waals surface area (Å²) in [5, 5.41) is 0.599. The first kappa shape index (κ1) is 16.6. The fraction of sp³-hybridized carbons (Fsp3) is 0.211. The Bertz CT molecular complexity index is 1010. The van der Waals surface area contributed by atoms with Gasteiger partial charge in [0.15, 0.2) is 5.58 Å². The summed E-state index contributed by atoms with van der Waals surface area (Å²) in [6.07, 6.45) is 0.150. The summed E-state index contributed by atoms with van der Waals surface area (Å²) in [7, 11) is 1.33. The molecule has 1 fully saturated rings. The third-order valence-corrected chi connectivity index (χ3v) is 4.65. The van der Waals surface area contributed by atoms with E-state index >= 15 is 0 Å². The van der Waals surface area contributed by atoms with Crippen LogP contribution in [0, 0.1) is 5.92 Å². The molecule has 1 atom stereocenters. The van der Waals surface area contributed by atoms with Crippen LogP contribution in [-0.2, 0) is 14.3 Å². The smallest absolute Gasteiger partial charge is 0.311 e. The average molecular weight is 371 g/mol. The van der Waals surface area contributed by atoms with Crippen LogP contribution >= 0.6 is 11.6 Å². The first-order valence-corrected chi connectivity index (χ1v) is 8.47. The maximum absolute atomic E-state index is 12.3. The van der Waals surface area contributed by atoms with Crippen LogP contribution in [0.25, 0.3) is 22.6 Å². The molecular formula is C19H15ClN2O4. The number of fused-ring (bicyclic) bond motifs is 1. The number of rotatable bonds is 3. The van der Waals surface area contributed by atoms with Crippen LogP contribution in [0.4, 0.5) is 5.69 Å². The third kappa shape index (κ3) is 2.93. The summed E-state index contributed by atoms with van der Waals surface area (Å²) in [5.74, 6) is -0.465. The highest BCUT2D eigenvalue weighted by Gasteiger charge is 2.36. The first-order valence-electron chi connectivity index (χ1n) is 8.10. The van der Waals surface area contributed by atoms with Crippen LogP contribution in [0.1, 0.15) is 6.42 Å². The standard InChI is InChI=1S/C19H15ClN2O4/c1-25-19(24)12-8-17(23)22(10-12)14-5-6-16-15(9-14)21-18(26-16)11-3-2-4-13(20)7-11/h2-7,9,12H,8,10H2,1H3. The van der Waals surface area contributed by atoms with Gasteiger partial charge in [0, 0.05) is 29.2 Å². The van der Waals surface area contributed by atoms with Gasteiger partial charge in [-0.2, -0.15) is 0 Å². The average Bonchev–Trinajstić information content (AvgIpc) is 3.24. The van der Waals surface area contributed by atoms with Crippen molar-refractivity contribution in [3.63, 3.8) is 0 Å². The predicted octanol–water partition coefficient (Wildman–Crippen LogP) is 3.67. The van der Waals surface area contributed by atoms with E-state index < -0.39 is 5.92 Å². The Kier molecular flexibility index (Phi) is 4.12. The van der Waals surface area contributed by atoms with Crippen molar-refractivity contribution in [3.05, 3.63) is 47.5 Å². The molecule has 26 heavy (non-hydrogen) atoms. The molecule has 1 aliphatic heterocycles. The molecule has 1 unspecified atom stereocenters. The van der Waals surface area contributed by atoms with Gasteiger partial charge in [-0.25, -0.2) is 4.98 Å². The van der Waals surface area contributed by atoms with E-state index in [0.717, 1.165) is 5.56 Å². The molecule has 7 heteroatoms. The number of esters is 1. The molecule has 132 valence electrons. The molecule has 1 aromatic heterocycles. The van der Waals surface area contributed by atoms with Gasteiger partial charge in [0.05, 0.1) is 13.0 Å². The van der Waals surface area contributed by atoms with Gasteiger partial charge in [0.1, 0.15) is 5.52 Å². The number of methoxy groups -OCH3 is 1. The largest absolute Gasteiger partial charge is 0.469 e. The molecule has 0 radical (unpaired) electrons. The second-order valence-electron chi connectivity index (χ2n) is 6.11. The number of hydrogen-bond acceptors (Lipinski definition) is 5. The Hall–Kier alpha value is -2.86. The summed E-state index contributed by atoms with van der Waals surface area (Å²) in [5.41, 5.74) is 2.70. The molecule has 6 nitrogen and oxygen atoms in total. The zero-order valence-electron chi connectivity index (χ0n) is 13.9.